The summed E-state index contributed by atoms with van der Waals surface area (Å²) in [5.74, 6) is -0.404. The van der Waals surface area contributed by atoms with E-state index in [1.54, 1.807) is 19.1 Å². The van der Waals surface area contributed by atoms with E-state index in [1.165, 1.54) is 18.4 Å². The van der Waals surface area contributed by atoms with Crippen LogP contribution in [0, 0.1) is 0 Å². The minimum absolute atomic E-state index is 0.104. The predicted octanol–water partition coefficient (Wildman–Crippen LogP) is 2.50. The first-order valence-electron chi connectivity index (χ1n) is 6.22. The van der Waals surface area contributed by atoms with Crippen LogP contribution in [0.1, 0.15) is 42.9 Å². The number of rotatable bonds is 5. The van der Waals surface area contributed by atoms with Gasteiger partial charge in [-0.2, -0.15) is 0 Å². The van der Waals surface area contributed by atoms with Crippen LogP contribution in [0.3, 0.4) is 0 Å². The van der Waals surface area contributed by atoms with Gasteiger partial charge in [-0.3, -0.25) is 0 Å². The quantitative estimate of drug-likeness (QED) is 0.819. The third kappa shape index (κ3) is 2.88. The molecular weight excluding hydrogens is 235 g/mol. The van der Waals surface area contributed by atoms with Crippen LogP contribution in [0.2, 0.25) is 0 Å². The lowest BCUT2D eigenvalue weighted by Gasteiger charge is -2.15. The molecule has 1 aliphatic rings. The summed E-state index contributed by atoms with van der Waals surface area (Å²) < 4.78 is 18.2. The maximum Gasteiger partial charge on any atom is 0.343 e. The SMILES string of the molecule is CCOC(=O)C(F)C(O)c1ccc(C2CC2)cc1. The Kier molecular flexibility index (Phi) is 3.97. The standard InChI is InChI=1S/C14H17FO3/c1-2-18-14(17)12(15)13(16)11-7-5-10(6-8-11)9-3-4-9/h5-9,12-13,16H,2-4H2,1H3. The Morgan fingerprint density at radius 1 is 1.44 bits per heavy atom. The van der Waals surface area contributed by atoms with Gasteiger partial charge in [0.2, 0.25) is 6.17 Å². The second kappa shape index (κ2) is 5.48. The number of hydrogen-bond donors (Lipinski definition) is 1. The molecule has 98 valence electrons. The van der Waals surface area contributed by atoms with E-state index < -0.39 is 18.2 Å². The highest BCUT2D eigenvalue weighted by molar-refractivity contribution is 5.75. The molecule has 0 aromatic heterocycles. The molecule has 0 saturated heterocycles. The molecule has 0 heterocycles. The molecule has 18 heavy (non-hydrogen) atoms. The van der Waals surface area contributed by atoms with Crippen LogP contribution in [-0.4, -0.2) is 23.9 Å². The number of halogens is 1. The number of benzene rings is 1. The number of hydrogen-bond acceptors (Lipinski definition) is 3. The third-order valence-corrected chi connectivity index (χ3v) is 3.12. The summed E-state index contributed by atoms with van der Waals surface area (Å²) in [4.78, 5) is 11.2. The normalized spacial score (nSPS) is 18.2. The number of carbonyl (C=O) groups is 1. The first-order chi connectivity index (χ1) is 8.63. The number of esters is 1. The first-order valence-corrected chi connectivity index (χ1v) is 6.22. The molecule has 0 amide bonds. The van der Waals surface area contributed by atoms with Crippen LogP contribution in [0.5, 0.6) is 0 Å². The Hall–Kier alpha value is -1.42. The molecule has 2 unspecified atom stereocenters. The maximum atomic E-state index is 13.6. The van der Waals surface area contributed by atoms with Gasteiger partial charge in [-0.05, 0) is 36.8 Å². The van der Waals surface area contributed by atoms with Crippen LogP contribution >= 0.6 is 0 Å². The molecule has 0 aliphatic heterocycles. The van der Waals surface area contributed by atoms with E-state index in [9.17, 15) is 14.3 Å². The zero-order valence-electron chi connectivity index (χ0n) is 10.3. The van der Waals surface area contributed by atoms with Gasteiger partial charge >= 0.3 is 5.97 Å². The van der Waals surface area contributed by atoms with E-state index >= 15 is 0 Å². The molecule has 1 N–H and O–H groups in total. The lowest BCUT2D eigenvalue weighted by Crippen LogP contribution is -2.26. The largest absolute Gasteiger partial charge is 0.464 e. The van der Waals surface area contributed by atoms with Crippen LogP contribution < -0.4 is 0 Å². The topological polar surface area (TPSA) is 46.5 Å². The van der Waals surface area contributed by atoms with Crippen molar-refractivity contribution in [3.8, 4) is 0 Å². The Morgan fingerprint density at radius 2 is 2.06 bits per heavy atom. The minimum atomic E-state index is -2.03. The molecule has 2 atom stereocenters. The van der Waals surface area contributed by atoms with Crippen molar-refractivity contribution < 1.29 is 19.0 Å². The van der Waals surface area contributed by atoms with Crippen molar-refractivity contribution in [3.63, 3.8) is 0 Å². The Bertz CT molecular complexity index is 412. The number of aliphatic hydroxyl groups is 1. The van der Waals surface area contributed by atoms with E-state index in [2.05, 4.69) is 4.74 Å². The van der Waals surface area contributed by atoms with Crippen LogP contribution in [0.25, 0.3) is 0 Å². The van der Waals surface area contributed by atoms with Crippen LogP contribution in [-0.2, 0) is 9.53 Å². The molecule has 0 radical (unpaired) electrons. The maximum absolute atomic E-state index is 13.6. The van der Waals surface area contributed by atoms with Gasteiger partial charge in [-0.1, -0.05) is 24.3 Å². The molecule has 1 fully saturated rings. The van der Waals surface area contributed by atoms with E-state index in [0.717, 1.165) is 0 Å². The van der Waals surface area contributed by atoms with E-state index in [0.29, 0.717) is 11.5 Å². The van der Waals surface area contributed by atoms with Crippen LogP contribution in [0.15, 0.2) is 24.3 Å². The minimum Gasteiger partial charge on any atom is -0.464 e. The molecule has 0 bridgehead atoms. The van der Waals surface area contributed by atoms with Crippen molar-refractivity contribution in [2.45, 2.75) is 38.0 Å². The number of alkyl halides is 1. The van der Waals surface area contributed by atoms with Gasteiger partial charge in [0, 0.05) is 0 Å². The Labute approximate surface area is 106 Å². The molecule has 0 spiro atoms. The molecule has 1 saturated carbocycles. The molecule has 1 aromatic rings. The Balaban J connectivity index is 2.02. The average Bonchev–Trinajstić information content (AvgIpc) is 3.22. The Morgan fingerprint density at radius 3 is 2.56 bits per heavy atom. The fraction of sp³-hybridized carbons (Fsp3) is 0.500. The lowest BCUT2D eigenvalue weighted by molar-refractivity contribution is -0.153. The predicted molar refractivity (Wildman–Crippen MR) is 64.9 cm³/mol. The molecule has 1 aromatic carbocycles. The highest BCUT2D eigenvalue weighted by atomic mass is 19.1. The summed E-state index contributed by atoms with van der Waals surface area (Å²) in [6, 6.07) is 7.11. The van der Waals surface area contributed by atoms with Gasteiger partial charge in [0.1, 0.15) is 6.10 Å². The van der Waals surface area contributed by atoms with Gasteiger partial charge in [0.25, 0.3) is 0 Å². The smallest absolute Gasteiger partial charge is 0.343 e. The average molecular weight is 252 g/mol. The summed E-state index contributed by atoms with van der Waals surface area (Å²) in [6.07, 6.45) is -1.11. The van der Waals surface area contributed by atoms with E-state index in [1.807, 2.05) is 12.1 Å². The van der Waals surface area contributed by atoms with Gasteiger partial charge in [0.05, 0.1) is 6.61 Å². The van der Waals surface area contributed by atoms with Crippen molar-refractivity contribution in [1.29, 1.82) is 0 Å². The van der Waals surface area contributed by atoms with Gasteiger partial charge < -0.3 is 9.84 Å². The molecule has 3 nitrogen and oxygen atoms in total. The highest BCUT2D eigenvalue weighted by Crippen LogP contribution is 2.40. The molecule has 2 rings (SSSR count). The fourth-order valence-corrected chi connectivity index (χ4v) is 1.90. The fourth-order valence-electron chi connectivity index (χ4n) is 1.90. The van der Waals surface area contributed by atoms with E-state index in [4.69, 9.17) is 0 Å². The van der Waals surface area contributed by atoms with Crippen molar-refractivity contribution >= 4 is 5.97 Å². The summed E-state index contributed by atoms with van der Waals surface area (Å²) in [5, 5.41) is 9.76. The van der Waals surface area contributed by atoms with E-state index in [-0.39, 0.29) is 6.61 Å². The van der Waals surface area contributed by atoms with Crippen molar-refractivity contribution in [2.75, 3.05) is 6.61 Å². The summed E-state index contributed by atoms with van der Waals surface area (Å²) in [5.41, 5.74) is 1.61. The summed E-state index contributed by atoms with van der Waals surface area (Å²) in [7, 11) is 0. The number of carbonyl (C=O) groups excluding carboxylic acids is 1. The summed E-state index contributed by atoms with van der Waals surface area (Å²) >= 11 is 0. The lowest BCUT2D eigenvalue weighted by atomic mass is 10.0. The van der Waals surface area contributed by atoms with Crippen molar-refractivity contribution in [2.24, 2.45) is 0 Å². The molecule has 4 heteroatoms. The molecule has 1 aliphatic carbocycles. The first kappa shape index (κ1) is 13.0. The van der Waals surface area contributed by atoms with Crippen LogP contribution in [0.4, 0.5) is 4.39 Å². The summed E-state index contributed by atoms with van der Waals surface area (Å²) in [6.45, 7) is 1.70. The number of ether oxygens (including phenoxy) is 1. The second-order valence-corrected chi connectivity index (χ2v) is 4.54. The second-order valence-electron chi connectivity index (χ2n) is 4.54. The zero-order valence-corrected chi connectivity index (χ0v) is 10.3. The third-order valence-electron chi connectivity index (χ3n) is 3.12. The number of aliphatic hydroxyl groups excluding tert-OH is 1. The van der Waals surface area contributed by atoms with Crippen molar-refractivity contribution in [3.05, 3.63) is 35.4 Å². The van der Waals surface area contributed by atoms with Gasteiger partial charge in [0.15, 0.2) is 0 Å². The van der Waals surface area contributed by atoms with Gasteiger partial charge in [-0.25, -0.2) is 9.18 Å². The monoisotopic (exact) mass is 252 g/mol. The zero-order chi connectivity index (χ0) is 13.1. The highest BCUT2D eigenvalue weighted by Gasteiger charge is 2.29. The molecular formula is C14H17FO3. The van der Waals surface area contributed by atoms with Crippen molar-refractivity contribution in [1.82, 2.24) is 0 Å². The van der Waals surface area contributed by atoms with Gasteiger partial charge in [-0.15, -0.1) is 0 Å².